The molecule has 0 N–H and O–H groups in total. The van der Waals surface area contributed by atoms with Gasteiger partial charge in [-0.1, -0.05) is 60.1 Å². The quantitative estimate of drug-likeness (QED) is 0.161. The van der Waals surface area contributed by atoms with Crippen molar-refractivity contribution in [1.29, 1.82) is 0 Å². The van der Waals surface area contributed by atoms with Crippen molar-refractivity contribution in [3.63, 3.8) is 0 Å². The first kappa shape index (κ1) is 27.4. The highest BCUT2D eigenvalue weighted by molar-refractivity contribution is 8.00. The summed E-state index contributed by atoms with van der Waals surface area (Å²) in [6.07, 6.45) is 2.73. The zero-order valence-electron chi connectivity index (χ0n) is 22.6. The van der Waals surface area contributed by atoms with E-state index in [1.54, 1.807) is 30.6 Å². The van der Waals surface area contributed by atoms with Gasteiger partial charge in [-0.05, 0) is 41.3 Å². The standard InChI is InChI=1S/C32H28ClN3O3S2/c1-38-28-10-5-8-24(32(28)39-2)27-17-25(29-11-6-16-40-29)34-36(27)31(37)20-41-30-19-35(26-9-4-3-7-23(26)30)18-21-12-14-22(33)15-13-21/h3-16,19,27H,17-18,20H2,1-2H3. The lowest BCUT2D eigenvalue weighted by Gasteiger charge is -2.24. The van der Waals surface area contributed by atoms with Gasteiger partial charge in [0.25, 0.3) is 5.91 Å². The molecule has 3 aromatic carbocycles. The van der Waals surface area contributed by atoms with E-state index >= 15 is 0 Å². The van der Waals surface area contributed by atoms with Crippen molar-refractivity contribution < 1.29 is 14.3 Å². The predicted molar refractivity (Wildman–Crippen MR) is 168 cm³/mol. The van der Waals surface area contributed by atoms with Crippen LogP contribution in [0.1, 0.15) is 28.5 Å². The number of benzene rings is 3. The van der Waals surface area contributed by atoms with Crippen LogP contribution >= 0.6 is 34.7 Å². The monoisotopic (exact) mass is 601 g/mol. The average molecular weight is 602 g/mol. The topological polar surface area (TPSA) is 56.1 Å². The van der Waals surface area contributed by atoms with Gasteiger partial charge in [0.05, 0.1) is 36.6 Å². The van der Waals surface area contributed by atoms with E-state index in [9.17, 15) is 4.79 Å². The minimum absolute atomic E-state index is 0.0639. The van der Waals surface area contributed by atoms with Gasteiger partial charge < -0.3 is 14.0 Å². The molecule has 2 aromatic heterocycles. The molecule has 5 aromatic rings. The number of hydrogen-bond acceptors (Lipinski definition) is 6. The number of fused-ring (bicyclic) bond motifs is 1. The van der Waals surface area contributed by atoms with Gasteiger partial charge in [0.2, 0.25) is 0 Å². The zero-order chi connectivity index (χ0) is 28.3. The molecule has 0 radical (unpaired) electrons. The summed E-state index contributed by atoms with van der Waals surface area (Å²) in [6, 6.07) is 25.7. The SMILES string of the molecule is COc1cccc(C2CC(c3cccs3)=NN2C(=O)CSc2cn(Cc3ccc(Cl)cc3)c3ccccc23)c1OC. The number of carbonyl (C=O) groups excluding carboxylic acids is 1. The number of amides is 1. The molecule has 6 rings (SSSR count). The van der Waals surface area contributed by atoms with Crippen molar-refractivity contribution >= 4 is 57.2 Å². The van der Waals surface area contributed by atoms with E-state index in [0.29, 0.717) is 24.5 Å². The molecule has 1 aliphatic rings. The number of thioether (sulfide) groups is 1. The number of hydrazone groups is 1. The maximum absolute atomic E-state index is 13.8. The minimum Gasteiger partial charge on any atom is -0.493 e. The van der Waals surface area contributed by atoms with Gasteiger partial charge >= 0.3 is 0 Å². The molecular weight excluding hydrogens is 574 g/mol. The maximum atomic E-state index is 13.8. The Morgan fingerprint density at radius 1 is 1.02 bits per heavy atom. The van der Waals surface area contributed by atoms with Crippen LogP contribution in [0, 0.1) is 0 Å². The van der Waals surface area contributed by atoms with Crippen molar-refractivity contribution in [1.82, 2.24) is 9.58 Å². The maximum Gasteiger partial charge on any atom is 0.253 e. The van der Waals surface area contributed by atoms with Crippen LogP contribution in [0.4, 0.5) is 0 Å². The van der Waals surface area contributed by atoms with Gasteiger partial charge in [-0.2, -0.15) is 5.10 Å². The summed E-state index contributed by atoms with van der Waals surface area (Å²) in [6.45, 7) is 0.713. The summed E-state index contributed by atoms with van der Waals surface area (Å²) in [5, 5.41) is 10.3. The number of rotatable bonds is 9. The number of nitrogens with zero attached hydrogens (tertiary/aromatic N) is 3. The summed E-state index contributed by atoms with van der Waals surface area (Å²) >= 11 is 9.25. The molecule has 0 spiro atoms. The van der Waals surface area contributed by atoms with Crippen molar-refractivity contribution in [2.24, 2.45) is 5.10 Å². The van der Waals surface area contributed by atoms with Gasteiger partial charge in [0.1, 0.15) is 0 Å². The van der Waals surface area contributed by atoms with Crippen LogP contribution in [0.15, 0.2) is 100 Å². The molecule has 41 heavy (non-hydrogen) atoms. The molecule has 3 heterocycles. The first-order valence-corrected chi connectivity index (χ1v) is 15.4. The molecule has 0 saturated heterocycles. The minimum atomic E-state index is -0.295. The molecule has 0 bridgehead atoms. The average Bonchev–Trinajstić information content (AvgIpc) is 3.76. The number of carbonyl (C=O) groups is 1. The number of halogens is 1. The lowest BCUT2D eigenvalue weighted by Crippen LogP contribution is -2.28. The van der Waals surface area contributed by atoms with E-state index in [-0.39, 0.29) is 17.7 Å². The largest absolute Gasteiger partial charge is 0.493 e. The fraction of sp³-hybridized carbons (Fsp3) is 0.188. The van der Waals surface area contributed by atoms with E-state index in [1.165, 1.54) is 11.8 Å². The highest BCUT2D eigenvalue weighted by Crippen LogP contribution is 2.42. The molecule has 208 valence electrons. The molecule has 6 nitrogen and oxygen atoms in total. The fourth-order valence-electron chi connectivity index (χ4n) is 5.20. The molecule has 0 aliphatic carbocycles. The Bertz CT molecular complexity index is 1710. The fourth-order valence-corrected chi connectivity index (χ4v) is 6.99. The van der Waals surface area contributed by atoms with Crippen LogP contribution in [0.3, 0.4) is 0 Å². The third-order valence-electron chi connectivity index (χ3n) is 7.13. The summed E-state index contributed by atoms with van der Waals surface area (Å²) in [5.74, 6) is 1.44. The summed E-state index contributed by atoms with van der Waals surface area (Å²) in [5.41, 5.74) is 4.05. The van der Waals surface area contributed by atoms with Crippen LogP contribution in [0.5, 0.6) is 11.5 Å². The number of thiophene rings is 1. The normalized spacial score (nSPS) is 14.9. The highest BCUT2D eigenvalue weighted by atomic mass is 35.5. The molecule has 0 saturated carbocycles. The Hall–Kier alpha value is -3.72. The molecule has 1 atom stereocenters. The van der Waals surface area contributed by atoms with Crippen LogP contribution < -0.4 is 9.47 Å². The number of hydrogen-bond donors (Lipinski definition) is 0. The third-order valence-corrected chi connectivity index (χ3v) is 9.33. The number of aromatic nitrogens is 1. The highest BCUT2D eigenvalue weighted by Gasteiger charge is 2.36. The van der Waals surface area contributed by atoms with Crippen molar-refractivity contribution in [3.8, 4) is 11.5 Å². The van der Waals surface area contributed by atoms with E-state index in [1.807, 2.05) is 72.1 Å². The van der Waals surface area contributed by atoms with Crippen molar-refractivity contribution in [2.45, 2.75) is 23.9 Å². The molecule has 0 fully saturated rings. The predicted octanol–water partition coefficient (Wildman–Crippen LogP) is 7.89. The Balaban J connectivity index is 1.28. The van der Waals surface area contributed by atoms with Gasteiger partial charge in [-0.15, -0.1) is 23.1 Å². The molecule has 1 amide bonds. The van der Waals surface area contributed by atoms with Crippen LogP contribution in [0.2, 0.25) is 5.02 Å². The van der Waals surface area contributed by atoms with Gasteiger partial charge in [0.15, 0.2) is 11.5 Å². The first-order chi connectivity index (χ1) is 20.1. The molecular formula is C32H28ClN3O3S2. The summed E-state index contributed by atoms with van der Waals surface area (Å²) in [7, 11) is 3.24. The third kappa shape index (κ3) is 5.60. The molecule has 1 aliphatic heterocycles. The summed E-state index contributed by atoms with van der Waals surface area (Å²) in [4.78, 5) is 16.0. The van der Waals surface area contributed by atoms with Crippen LogP contribution in [-0.4, -0.2) is 41.2 Å². The van der Waals surface area contributed by atoms with E-state index in [2.05, 4.69) is 22.9 Å². The second kappa shape index (κ2) is 12.0. The zero-order valence-corrected chi connectivity index (χ0v) is 25.0. The Morgan fingerprint density at radius 3 is 2.61 bits per heavy atom. The van der Waals surface area contributed by atoms with Gasteiger partial charge in [-0.25, -0.2) is 5.01 Å². The van der Waals surface area contributed by atoms with Gasteiger partial charge in [-0.3, -0.25) is 4.79 Å². The smallest absolute Gasteiger partial charge is 0.253 e. The van der Waals surface area contributed by atoms with Gasteiger partial charge in [0, 0.05) is 45.5 Å². The number of para-hydroxylation sites is 2. The van der Waals surface area contributed by atoms with Crippen molar-refractivity contribution in [2.75, 3.05) is 20.0 Å². The van der Waals surface area contributed by atoms with Crippen LogP contribution in [0.25, 0.3) is 10.9 Å². The van der Waals surface area contributed by atoms with Crippen LogP contribution in [-0.2, 0) is 11.3 Å². The summed E-state index contributed by atoms with van der Waals surface area (Å²) < 4.78 is 13.5. The lowest BCUT2D eigenvalue weighted by molar-refractivity contribution is -0.130. The van der Waals surface area contributed by atoms with E-state index in [0.717, 1.165) is 42.5 Å². The molecule has 1 unspecified atom stereocenters. The second-order valence-corrected chi connectivity index (χ2v) is 12.0. The number of methoxy groups -OCH3 is 2. The van der Waals surface area contributed by atoms with E-state index in [4.69, 9.17) is 26.2 Å². The Morgan fingerprint density at radius 2 is 1.85 bits per heavy atom. The molecule has 9 heteroatoms. The Labute approximate surface area is 252 Å². The Kier molecular flexibility index (Phi) is 8.05. The van der Waals surface area contributed by atoms with Crippen molar-refractivity contribution in [3.05, 3.63) is 111 Å². The first-order valence-electron chi connectivity index (χ1n) is 13.1. The number of ether oxygens (including phenoxy) is 2. The van der Waals surface area contributed by atoms with E-state index < -0.39 is 0 Å². The lowest BCUT2D eigenvalue weighted by atomic mass is 9.99. The second-order valence-electron chi connectivity index (χ2n) is 9.62.